The number of benzene rings is 2. The van der Waals surface area contributed by atoms with Gasteiger partial charge in [-0.15, -0.1) is 0 Å². The summed E-state index contributed by atoms with van der Waals surface area (Å²) in [4.78, 5) is 54.6. The van der Waals surface area contributed by atoms with E-state index in [4.69, 9.17) is 32.4 Å². The third-order valence-electron chi connectivity index (χ3n) is 12.4. The molecule has 2 amide bonds. The molecule has 0 spiro atoms. The summed E-state index contributed by atoms with van der Waals surface area (Å²) < 4.78 is 15.1. The van der Waals surface area contributed by atoms with Gasteiger partial charge in [0.15, 0.2) is 35.4 Å². The van der Waals surface area contributed by atoms with Crippen molar-refractivity contribution in [1.29, 1.82) is 0 Å². The lowest BCUT2D eigenvalue weighted by Crippen LogP contribution is -2.44. The number of ether oxygens (including phenoxy) is 2. The van der Waals surface area contributed by atoms with Gasteiger partial charge in [0.05, 0.1) is 24.7 Å². The molecule has 2 aliphatic heterocycles. The monoisotopic (exact) mass is 938 g/mol. The Labute approximate surface area is 390 Å². The lowest BCUT2D eigenvalue weighted by atomic mass is 10.0. The van der Waals surface area contributed by atoms with Crippen LogP contribution in [0.3, 0.4) is 0 Å². The van der Waals surface area contributed by atoms with Gasteiger partial charge in [0, 0.05) is 26.2 Å². The lowest BCUT2D eigenvalue weighted by Gasteiger charge is -2.24. The number of aromatic nitrogens is 8. The molecule has 2 saturated heterocycles. The van der Waals surface area contributed by atoms with Crippen LogP contribution in [-0.4, -0.2) is 170 Å². The second kappa shape index (κ2) is 20.9. The number of fused-ring (bicyclic) bond motifs is 2. The average molecular weight is 939 g/mol. The third-order valence-corrected chi connectivity index (χ3v) is 12.4. The highest BCUT2D eigenvalue weighted by atomic mass is 16.6. The Morgan fingerprint density at radius 1 is 0.647 bits per heavy atom. The van der Waals surface area contributed by atoms with Gasteiger partial charge in [-0.1, -0.05) is 36.4 Å². The van der Waals surface area contributed by atoms with Gasteiger partial charge in [-0.2, -0.15) is 0 Å². The largest absolute Gasteiger partial charge is 0.387 e. The molecule has 0 bridgehead atoms. The van der Waals surface area contributed by atoms with Crippen molar-refractivity contribution in [2.24, 2.45) is 11.5 Å². The quantitative estimate of drug-likeness (QED) is 0.0418. The number of amides is 2. The Balaban J connectivity index is 0.750. The van der Waals surface area contributed by atoms with Gasteiger partial charge in [-0.05, 0) is 74.4 Å². The number of aliphatic hydroxyl groups excluding tert-OH is 4. The van der Waals surface area contributed by atoms with Gasteiger partial charge in [0.25, 0.3) is 0 Å². The number of nitrogens with two attached hydrogens (primary N) is 4. The normalized spacial score (nSPS) is 23.7. The van der Waals surface area contributed by atoms with Gasteiger partial charge in [-0.25, -0.2) is 29.9 Å². The standard InChI is InChI=1S/C44H58N16O8/c1-57(17-29-33(61)35(63)43(67-29)59-21-55-31-37(47)51-19-53-39(31)59)11-9-27(45)41(65)49-15-23-5-3-7-25(13-23)26-8-4-6-24(14-26)16-50-42(66)28(46)10-12-58(2)18-30-34(62)36(64)44(68-30)60-22-56-32-38(48)52-20-54-40(32)60/h3-8,13-14,19-22,27-30,33-36,43-44,61-64H,9-12,15-18,45-46H2,1-2H3,(H,49,65)(H,50,66)(H2,47,51,53)(H2,48,52,54)/t27-,28-,29+,30+,33+,34+,35+,36+,43+,44+/m0/s1. The van der Waals surface area contributed by atoms with Crippen LogP contribution in [0.25, 0.3) is 33.5 Å². The SMILES string of the molecule is CN(CC[C@H](N)C(=O)NCc1cccc(-c2cccc(CNC(=O)[C@@H](N)CCN(C)C[C@H]3O[C@@H](n4cnc5c(N)ncnc54)[C@H](O)[C@@H]3O)c2)c1)C[C@H]1O[C@@H](n2cnc3c(N)ncnc32)[C@H](O)[C@@H]1O. The maximum absolute atomic E-state index is 13.0. The number of hydrogen-bond acceptors (Lipinski definition) is 20. The number of carbonyl (C=O) groups excluding carboxylic acids is 2. The molecule has 2 aromatic carbocycles. The molecule has 4 aromatic heterocycles. The first-order valence-electron chi connectivity index (χ1n) is 22.2. The molecule has 0 unspecified atom stereocenters. The first kappa shape index (κ1) is 48.1. The number of hydrogen-bond donors (Lipinski definition) is 10. The molecular weight excluding hydrogens is 881 g/mol. The summed E-state index contributed by atoms with van der Waals surface area (Å²) in [5.41, 5.74) is 29.4. The Bertz CT molecular complexity index is 2520. The van der Waals surface area contributed by atoms with Crippen LogP contribution in [0.2, 0.25) is 0 Å². The van der Waals surface area contributed by atoms with E-state index in [0.29, 0.717) is 48.3 Å². The van der Waals surface area contributed by atoms with E-state index in [9.17, 15) is 30.0 Å². The van der Waals surface area contributed by atoms with E-state index in [2.05, 4.69) is 40.5 Å². The van der Waals surface area contributed by atoms with E-state index in [-0.39, 0.29) is 49.6 Å². The maximum Gasteiger partial charge on any atom is 0.237 e. The van der Waals surface area contributed by atoms with Crippen LogP contribution in [0.5, 0.6) is 0 Å². The topological polar surface area (TPSA) is 355 Å². The lowest BCUT2D eigenvalue weighted by molar-refractivity contribution is -0.123. The highest BCUT2D eigenvalue weighted by Crippen LogP contribution is 2.34. The Kier molecular flexibility index (Phi) is 14.8. The highest BCUT2D eigenvalue weighted by Gasteiger charge is 2.46. The molecular formula is C44H58N16O8. The molecule has 24 heteroatoms. The number of aliphatic hydroxyl groups is 4. The zero-order chi connectivity index (χ0) is 48.2. The Hall–Kier alpha value is -6.32. The summed E-state index contributed by atoms with van der Waals surface area (Å²) >= 11 is 0. The van der Waals surface area contributed by atoms with Crippen LogP contribution >= 0.6 is 0 Å². The van der Waals surface area contributed by atoms with Crippen LogP contribution in [0.1, 0.15) is 36.4 Å². The van der Waals surface area contributed by atoms with Crippen molar-refractivity contribution in [3.05, 3.63) is 85.0 Å². The van der Waals surface area contributed by atoms with Crippen molar-refractivity contribution >= 4 is 45.8 Å². The number of nitrogens with one attached hydrogen (secondary N) is 2. The van der Waals surface area contributed by atoms with E-state index in [1.165, 1.54) is 34.4 Å². The fourth-order valence-electron chi connectivity index (χ4n) is 8.47. The van der Waals surface area contributed by atoms with E-state index in [0.717, 1.165) is 22.3 Å². The number of anilines is 2. The summed E-state index contributed by atoms with van der Waals surface area (Å²) in [5, 5.41) is 49.1. The van der Waals surface area contributed by atoms with E-state index >= 15 is 0 Å². The van der Waals surface area contributed by atoms with Gasteiger partial charge < -0.3 is 73.3 Å². The zero-order valence-corrected chi connectivity index (χ0v) is 37.6. The summed E-state index contributed by atoms with van der Waals surface area (Å²) in [5.74, 6) is -0.249. The molecule has 8 rings (SSSR count). The Morgan fingerprint density at radius 2 is 1.06 bits per heavy atom. The molecule has 10 atom stereocenters. The summed E-state index contributed by atoms with van der Waals surface area (Å²) in [6.07, 6.45) is -2.09. The molecule has 14 N–H and O–H groups in total. The molecule has 6 heterocycles. The van der Waals surface area contributed by atoms with Crippen molar-refractivity contribution in [2.45, 2.75) is 87.1 Å². The predicted molar refractivity (Wildman–Crippen MR) is 247 cm³/mol. The average Bonchev–Trinajstić information content (AvgIpc) is 4.11. The summed E-state index contributed by atoms with van der Waals surface area (Å²) in [6, 6.07) is 13.9. The number of rotatable bonds is 19. The molecule has 6 aromatic rings. The van der Waals surface area contributed by atoms with Crippen LogP contribution < -0.4 is 33.6 Å². The fourth-order valence-corrected chi connectivity index (χ4v) is 8.47. The fraction of sp³-hybridized carbons (Fsp3) is 0.455. The van der Waals surface area contributed by atoms with Crippen LogP contribution in [0.4, 0.5) is 11.6 Å². The number of likely N-dealkylation sites (N-methyl/N-ethyl adjacent to an activating group) is 2. The van der Waals surface area contributed by atoms with E-state index < -0.39 is 61.2 Å². The number of carbonyl (C=O) groups is 2. The van der Waals surface area contributed by atoms with Crippen LogP contribution in [-0.2, 0) is 32.2 Å². The van der Waals surface area contributed by atoms with E-state index in [1.54, 1.807) is 0 Å². The van der Waals surface area contributed by atoms with Gasteiger partial charge >= 0.3 is 0 Å². The van der Waals surface area contributed by atoms with Crippen molar-refractivity contribution in [1.82, 2.24) is 59.5 Å². The second-order valence-corrected chi connectivity index (χ2v) is 17.4. The molecule has 362 valence electrons. The minimum Gasteiger partial charge on any atom is -0.387 e. The van der Waals surface area contributed by atoms with Gasteiger partial charge in [0.1, 0.15) is 60.3 Å². The minimum atomic E-state index is -1.24. The van der Waals surface area contributed by atoms with E-state index in [1.807, 2.05) is 72.4 Å². The first-order valence-corrected chi connectivity index (χ1v) is 22.2. The highest BCUT2D eigenvalue weighted by molar-refractivity contribution is 5.83. The van der Waals surface area contributed by atoms with Crippen molar-refractivity contribution in [3.8, 4) is 11.1 Å². The summed E-state index contributed by atoms with van der Waals surface area (Å²) in [7, 11) is 3.63. The Morgan fingerprint density at radius 3 is 1.47 bits per heavy atom. The second-order valence-electron chi connectivity index (χ2n) is 17.4. The predicted octanol–water partition coefficient (Wildman–Crippen LogP) is -2.03. The molecule has 0 radical (unpaired) electrons. The van der Waals surface area contributed by atoms with Crippen molar-refractivity contribution < 1.29 is 39.5 Å². The molecule has 24 nitrogen and oxygen atoms in total. The molecule has 0 saturated carbocycles. The maximum atomic E-state index is 13.0. The van der Waals surface area contributed by atoms with Crippen molar-refractivity contribution in [3.63, 3.8) is 0 Å². The summed E-state index contributed by atoms with van der Waals surface area (Å²) in [6.45, 7) is 1.88. The smallest absolute Gasteiger partial charge is 0.237 e. The number of imidazole rings is 2. The molecule has 0 aliphatic carbocycles. The van der Waals surface area contributed by atoms with Crippen LogP contribution in [0.15, 0.2) is 73.8 Å². The molecule has 68 heavy (non-hydrogen) atoms. The molecule has 2 fully saturated rings. The zero-order valence-electron chi connectivity index (χ0n) is 37.6. The third kappa shape index (κ3) is 10.5. The van der Waals surface area contributed by atoms with Gasteiger partial charge in [0.2, 0.25) is 11.8 Å². The number of nitrogen functional groups attached to an aromatic ring is 2. The minimum absolute atomic E-state index is 0.190. The number of nitrogens with zero attached hydrogens (tertiary/aromatic N) is 10. The first-order chi connectivity index (χ1) is 32.7. The molecule has 2 aliphatic rings. The van der Waals surface area contributed by atoms with Crippen LogP contribution in [0, 0.1) is 0 Å². The van der Waals surface area contributed by atoms with Gasteiger partial charge in [-0.3, -0.25) is 18.7 Å². The van der Waals surface area contributed by atoms with Crippen molar-refractivity contribution in [2.75, 3.05) is 51.7 Å².